The number of rotatable bonds is 7. The van der Waals surface area contributed by atoms with Crippen molar-refractivity contribution in [1.82, 2.24) is 24.9 Å². The molecule has 2 atom stereocenters. The Morgan fingerprint density at radius 3 is 2.82 bits per heavy atom. The first-order valence-electron chi connectivity index (χ1n) is 10.4. The van der Waals surface area contributed by atoms with Gasteiger partial charge in [-0.05, 0) is 37.2 Å². The highest BCUT2D eigenvalue weighted by Crippen LogP contribution is 2.21. The molecule has 1 aromatic rings. The molecule has 0 amide bonds. The number of ether oxygens (including phenoxy) is 1. The summed E-state index contributed by atoms with van der Waals surface area (Å²) in [5, 5.41) is 7.79. The van der Waals surface area contributed by atoms with E-state index in [1.165, 1.54) is 12.0 Å². The zero-order valence-electron chi connectivity index (χ0n) is 17.6. The minimum atomic E-state index is 0. The maximum Gasteiger partial charge on any atom is 0.193 e. The lowest BCUT2D eigenvalue weighted by Crippen LogP contribution is -2.41. The Morgan fingerprint density at radius 1 is 1.36 bits per heavy atom. The highest BCUT2D eigenvalue weighted by Gasteiger charge is 2.25. The molecule has 0 aliphatic carbocycles. The van der Waals surface area contributed by atoms with Gasteiger partial charge in [0.1, 0.15) is 0 Å². The number of hydrogen-bond donors (Lipinski definition) is 1. The maximum atomic E-state index is 5.44. The summed E-state index contributed by atoms with van der Waals surface area (Å²) in [5.41, 5.74) is 1.34. The van der Waals surface area contributed by atoms with Crippen molar-refractivity contribution < 1.29 is 4.74 Å². The van der Waals surface area contributed by atoms with E-state index in [9.17, 15) is 0 Å². The summed E-state index contributed by atoms with van der Waals surface area (Å²) in [4.78, 5) is 9.90. The van der Waals surface area contributed by atoms with Crippen molar-refractivity contribution in [2.75, 3.05) is 59.0 Å². The van der Waals surface area contributed by atoms with Crippen molar-refractivity contribution in [2.45, 2.75) is 26.7 Å². The van der Waals surface area contributed by atoms with Gasteiger partial charge in [-0.25, -0.2) is 0 Å². The molecule has 0 saturated carbocycles. The topological polar surface area (TPSA) is 57.9 Å². The summed E-state index contributed by atoms with van der Waals surface area (Å²) >= 11 is 0. The number of guanidine groups is 1. The smallest absolute Gasteiger partial charge is 0.193 e. The molecule has 0 radical (unpaired) electrons. The largest absolute Gasteiger partial charge is 0.379 e. The molecular weight excluding hydrogens is 467 g/mol. The predicted octanol–water partition coefficient (Wildman–Crippen LogP) is 1.84. The van der Waals surface area contributed by atoms with Crippen LogP contribution >= 0.6 is 24.0 Å². The molecule has 0 bridgehead atoms. The minimum absolute atomic E-state index is 0. The number of aryl methyl sites for hydroxylation is 1. The van der Waals surface area contributed by atoms with Gasteiger partial charge in [-0.15, -0.1) is 24.0 Å². The Balaban J connectivity index is 0.00000280. The van der Waals surface area contributed by atoms with Gasteiger partial charge in [-0.3, -0.25) is 14.6 Å². The van der Waals surface area contributed by atoms with E-state index in [1.807, 2.05) is 17.9 Å². The zero-order chi connectivity index (χ0) is 19.1. The third kappa shape index (κ3) is 7.18. The molecule has 3 heterocycles. The van der Waals surface area contributed by atoms with Gasteiger partial charge in [0.15, 0.2) is 5.96 Å². The Bertz CT molecular complexity index is 601. The van der Waals surface area contributed by atoms with Crippen LogP contribution < -0.4 is 5.32 Å². The van der Waals surface area contributed by atoms with Crippen LogP contribution in [0.15, 0.2) is 17.4 Å². The second-order valence-electron chi connectivity index (χ2n) is 8.04. The van der Waals surface area contributed by atoms with Crippen molar-refractivity contribution in [3.8, 4) is 0 Å². The number of aromatic nitrogens is 2. The quantitative estimate of drug-likeness (QED) is 0.349. The fourth-order valence-electron chi connectivity index (χ4n) is 4.05. The third-order valence-corrected chi connectivity index (χ3v) is 5.43. The highest BCUT2D eigenvalue weighted by atomic mass is 127. The molecule has 1 N–H and O–H groups in total. The molecule has 0 spiro atoms. The summed E-state index contributed by atoms with van der Waals surface area (Å²) in [7, 11) is 1.98. The van der Waals surface area contributed by atoms with Crippen molar-refractivity contribution in [3.05, 3.63) is 18.0 Å². The van der Waals surface area contributed by atoms with Crippen LogP contribution in [-0.2, 0) is 18.2 Å². The van der Waals surface area contributed by atoms with E-state index in [0.29, 0.717) is 11.8 Å². The first kappa shape index (κ1) is 23.4. The van der Waals surface area contributed by atoms with E-state index in [1.54, 1.807) is 0 Å². The lowest BCUT2D eigenvalue weighted by atomic mass is 10.0. The summed E-state index contributed by atoms with van der Waals surface area (Å²) in [5.74, 6) is 2.33. The van der Waals surface area contributed by atoms with Crippen LogP contribution in [0.3, 0.4) is 0 Å². The van der Waals surface area contributed by atoms with Crippen LogP contribution in [0.5, 0.6) is 0 Å². The summed E-state index contributed by atoms with van der Waals surface area (Å²) in [6.07, 6.45) is 6.46. The highest BCUT2D eigenvalue weighted by molar-refractivity contribution is 14.0. The first-order valence-corrected chi connectivity index (χ1v) is 10.4. The number of nitrogens with one attached hydrogen (secondary N) is 1. The van der Waals surface area contributed by atoms with Crippen molar-refractivity contribution in [1.29, 1.82) is 0 Å². The standard InChI is InChI=1S/C20H36N6O.HI/c1-4-21-20(22-12-17(2)14-25-7-9-27-10-8-25)26-6-5-18(16-26)11-19-13-23-24(3)15-19;/h13,15,17-18H,4-12,14,16H2,1-3H3,(H,21,22);1H. The fraction of sp³-hybridized carbons (Fsp3) is 0.800. The molecule has 28 heavy (non-hydrogen) atoms. The molecule has 2 aliphatic heterocycles. The molecule has 2 unspecified atom stereocenters. The van der Waals surface area contributed by atoms with Gasteiger partial charge < -0.3 is 15.0 Å². The number of nitrogens with zero attached hydrogens (tertiary/aromatic N) is 5. The predicted molar refractivity (Wildman–Crippen MR) is 124 cm³/mol. The van der Waals surface area contributed by atoms with E-state index in [2.05, 4.69) is 40.3 Å². The molecule has 2 fully saturated rings. The van der Waals surface area contributed by atoms with Gasteiger partial charge in [0.05, 0.1) is 19.4 Å². The van der Waals surface area contributed by atoms with E-state index in [0.717, 1.165) is 71.4 Å². The van der Waals surface area contributed by atoms with Crippen LogP contribution in [0, 0.1) is 11.8 Å². The Labute approximate surface area is 186 Å². The van der Waals surface area contributed by atoms with Gasteiger partial charge >= 0.3 is 0 Å². The lowest BCUT2D eigenvalue weighted by Gasteiger charge is -2.29. The number of hydrogen-bond acceptors (Lipinski definition) is 4. The first-order chi connectivity index (χ1) is 13.1. The average molecular weight is 504 g/mol. The Hall–Kier alpha value is -0.870. The van der Waals surface area contributed by atoms with Gasteiger partial charge in [-0.1, -0.05) is 6.92 Å². The van der Waals surface area contributed by atoms with Crippen LogP contribution in [0.4, 0.5) is 0 Å². The van der Waals surface area contributed by atoms with Crippen LogP contribution in [0.25, 0.3) is 0 Å². The zero-order valence-corrected chi connectivity index (χ0v) is 20.0. The van der Waals surface area contributed by atoms with E-state index < -0.39 is 0 Å². The van der Waals surface area contributed by atoms with E-state index in [-0.39, 0.29) is 24.0 Å². The summed E-state index contributed by atoms with van der Waals surface area (Å²) < 4.78 is 7.33. The summed E-state index contributed by atoms with van der Waals surface area (Å²) in [6.45, 7) is 13.4. The Morgan fingerprint density at radius 2 is 2.14 bits per heavy atom. The average Bonchev–Trinajstić information content (AvgIpc) is 3.29. The molecule has 2 aliphatic rings. The number of halogens is 1. The van der Waals surface area contributed by atoms with E-state index in [4.69, 9.17) is 9.73 Å². The minimum Gasteiger partial charge on any atom is -0.379 e. The molecule has 2 saturated heterocycles. The second-order valence-corrected chi connectivity index (χ2v) is 8.04. The fourth-order valence-corrected chi connectivity index (χ4v) is 4.05. The Kier molecular flexibility index (Phi) is 10.0. The van der Waals surface area contributed by atoms with Gasteiger partial charge in [0.2, 0.25) is 0 Å². The van der Waals surface area contributed by atoms with Gasteiger partial charge in [0, 0.05) is 59.1 Å². The van der Waals surface area contributed by atoms with Crippen molar-refractivity contribution >= 4 is 29.9 Å². The van der Waals surface area contributed by atoms with Crippen molar-refractivity contribution in [3.63, 3.8) is 0 Å². The molecule has 0 aromatic carbocycles. The van der Waals surface area contributed by atoms with Crippen molar-refractivity contribution in [2.24, 2.45) is 23.9 Å². The lowest BCUT2D eigenvalue weighted by molar-refractivity contribution is 0.0323. The number of likely N-dealkylation sites (tertiary alicyclic amines) is 1. The molecule has 7 nitrogen and oxygen atoms in total. The van der Waals surface area contributed by atoms with Gasteiger partial charge in [0.25, 0.3) is 0 Å². The number of aliphatic imine (C=N–C) groups is 1. The summed E-state index contributed by atoms with van der Waals surface area (Å²) in [6, 6.07) is 0. The molecule has 3 rings (SSSR count). The van der Waals surface area contributed by atoms with Gasteiger partial charge in [-0.2, -0.15) is 5.10 Å². The van der Waals surface area contributed by atoms with E-state index >= 15 is 0 Å². The molecule has 160 valence electrons. The molecular formula is C20H37IN6O. The second kappa shape index (κ2) is 12.0. The monoisotopic (exact) mass is 504 g/mol. The van der Waals surface area contributed by atoms with Crippen LogP contribution in [-0.4, -0.2) is 84.6 Å². The van der Waals surface area contributed by atoms with Crippen LogP contribution in [0.1, 0.15) is 25.8 Å². The molecule has 8 heteroatoms. The molecule has 1 aromatic heterocycles. The third-order valence-electron chi connectivity index (χ3n) is 5.43. The SMILES string of the molecule is CCNC(=NCC(C)CN1CCOCC1)N1CCC(Cc2cnn(C)c2)C1.I. The maximum absolute atomic E-state index is 5.44. The van der Waals surface area contributed by atoms with Crippen LogP contribution in [0.2, 0.25) is 0 Å². The number of morpholine rings is 1. The normalized spacial score (nSPS) is 22.2.